The first kappa shape index (κ1) is 13.3. The fourth-order valence-corrected chi connectivity index (χ4v) is 2.22. The molecule has 0 amide bonds. The highest BCUT2D eigenvalue weighted by Gasteiger charge is 2.22. The summed E-state index contributed by atoms with van der Waals surface area (Å²) >= 11 is 0. The number of ether oxygens (including phenoxy) is 1. The van der Waals surface area contributed by atoms with Crippen molar-refractivity contribution in [3.05, 3.63) is 35.5 Å². The second kappa shape index (κ2) is 5.26. The van der Waals surface area contributed by atoms with Gasteiger partial charge in [-0.1, -0.05) is 11.6 Å². The van der Waals surface area contributed by atoms with E-state index in [-0.39, 0.29) is 6.61 Å². The molecule has 0 bridgehead atoms. The van der Waals surface area contributed by atoms with E-state index in [9.17, 15) is 9.59 Å². The van der Waals surface area contributed by atoms with Crippen molar-refractivity contribution in [2.24, 2.45) is 0 Å². The number of hydrogen-bond acceptors (Lipinski definition) is 3. The van der Waals surface area contributed by atoms with Crippen LogP contribution >= 0.6 is 0 Å². The van der Waals surface area contributed by atoms with E-state index in [1.165, 1.54) is 0 Å². The number of rotatable bonds is 4. The number of Topliss-reactive ketones (excluding diaryl/α,β-unsaturated/α-hetero) is 1. The smallest absolute Gasteiger partial charge is 0.381 e. The van der Waals surface area contributed by atoms with Crippen LogP contribution in [-0.2, 0) is 16.1 Å². The number of carbonyl (C=O) groups is 2. The number of hydrogen-bond donors (Lipinski definition) is 0. The fourth-order valence-electron chi connectivity index (χ4n) is 2.22. The van der Waals surface area contributed by atoms with Crippen LogP contribution in [0.4, 0.5) is 0 Å². The molecule has 1 aromatic heterocycles. The molecule has 0 aliphatic rings. The van der Waals surface area contributed by atoms with Gasteiger partial charge in [0.25, 0.3) is 5.78 Å². The van der Waals surface area contributed by atoms with Crippen LogP contribution in [-0.4, -0.2) is 22.9 Å². The highest BCUT2D eigenvalue weighted by Crippen LogP contribution is 2.22. The average Bonchev–Trinajstić information content (AvgIpc) is 2.75. The predicted octanol–water partition coefficient (Wildman–Crippen LogP) is 2.72. The largest absolute Gasteiger partial charge is 0.460 e. The van der Waals surface area contributed by atoms with Crippen molar-refractivity contribution < 1.29 is 14.3 Å². The molecular formula is C15H17NO3. The SMILES string of the molecule is CCOC(=O)C(=O)c1cc2cc(C)ccc2n1CC. The maximum atomic E-state index is 12.1. The minimum atomic E-state index is -0.795. The monoisotopic (exact) mass is 259 g/mol. The van der Waals surface area contributed by atoms with E-state index in [0.29, 0.717) is 12.2 Å². The van der Waals surface area contributed by atoms with Gasteiger partial charge < -0.3 is 9.30 Å². The summed E-state index contributed by atoms with van der Waals surface area (Å²) in [4.78, 5) is 23.6. The fraction of sp³-hybridized carbons (Fsp3) is 0.333. The first-order valence-electron chi connectivity index (χ1n) is 6.39. The molecule has 19 heavy (non-hydrogen) atoms. The van der Waals surface area contributed by atoms with Gasteiger partial charge in [-0.05, 0) is 39.0 Å². The molecule has 0 saturated heterocycles. The Morgan fingerprint density at radius 3 is 2.58 bits per heavy atom. The van der Waals surface area contributed by atoms with Gasteiger partial charge in [-0.25, -0.2) is 4.79 Å². The van der Waals surface area contributed by atoms with Crippen LogP contribution in [0.1, 0.15) is 29.9 Å². The number of carbonyl (C=O) groups excluding carboxylic acids is 2. The second-order valence-electron chi connectivity index (χ2n) is 4.39. The summed E-state index contributed by atoms with van der Waals surface area (Å²) in [6.45, 7) is 6.46. The van der Waals surface area contributed by atoms with E-state index in [0.717, 1.165) is 16.5 Å². The summed E-state index contributed by atoms with van der Waals surface area (Å²) in [5.74, 6) is -1.38. The Morgan fingerprint density at radius 2 is 1.95 bits per heavy atom. The molecule has 4 nitrogen and oxygen atoms in total. The van der Waals surface area contributed by atoms with Gasteiger partial charge in [0, 0.05) is 17.4 Å². The third-order valence-electron chi connectivity index (χ3n) is 3.07. The van der Waals surface area contributed by atoms with Crippen molar-refractivity contribution in [3.63, 3.8) is 0 Å². The third-order valence-corrected chi connectivity index (χ3v) is 3.07. The van der Waals surface area contributed by atoms with Gasteiger partial charge >= 0.3 is 5.97 Å². The number of esters is 1. The quantitative estimate of drug-likeness (QED) is 0.482. The predicted molar refractivity (Wildman–Crippen MR) is 73.3 cm³/mol. The van der Waals surface area contributed by atoms with Crippen LogP contribution in [0.15, 0.2) is 24.3 Å². The van der Waals surface area contributed by atoms with E-state index in [2.05, 4.69) is 0 Å². The summed E-state index contributed by atoms with van der Waals surface area (Å²) < 4.78 is 6.62. The molecule has 1 heterocycles. The molecular weight excluding hydrogens is 242 g/mol. The molecule has 0 aliphatic carbocycles. The van der Waals surface area contributed by atoms with E-state index in [1.807, 2.05) is 36.6 Å². The lowest BCUT2D eigenvalue weighted by atomic mass is 10.2. The summed E-state index contributed by atoms with van der Waals surface area (Å²) in [5, 5.41) is 0.967. The zero-order valence-corrected chi connectivity index (χ0v) is 11.4. The number of benzene rings is 1. The highest BCUT2D eigenvalue weighted by atomic mass is 16.5. The van der Waals surface area contributed by atoms with Crippen molar-refractivity contribution in [1.82, 2.24) is 4.57 Å². The number of aromatic nitrogens is 1. The normalized spacial score (nSPS) is 10.7. The standard InChI is InChI=1S/C15H17NO3/c1-4-16-12-7-6-10(3)8-11(12)9-13(16)14(17)15(18)19-5-2/h6-9H,4-5H2,1-3H3. The van der Waals surface area contributed by atoms with Crippen molar-refractivity contribution in [2.75, 3.05) is 6.61 Å². The van der Waals surface area contributed by atoms with Gasteiger partial charge in [-0.2, -0.15) is 0 Å². The molecule has 0 atom stereocenters. The van der Waals surface area contributed by atoms with Crippen LogP contribution in [0.2, 0.25) is 0 Å². The number of fused-ring (bicyclic) bond motifs is 1. The van der Waals surface area contributed by atoms with Crippen molar-refractivity contribution in [2.45, 2.75) is 27.3 Å². The van der Waals surface area contributed by atoms with Crippen LogP contribution in [0.3, 0.4) is 0 Å². The summed E-state index contributed by atoms with van der Waals surface area (Å²) in [6, 6.07) is 7.72. The molecule has 1 aromatic carbocycles. The molecule has 4 heteroatoms. The first-order chi connectivity index (χ1) is 9.08. The molecule has 0 unspecified atom stereocenters. The average molecular weight is 259 g/mol. The van der Waals surface area contributed by atoms with Gasteiger partial charge in [0.2, 0.25) is 0 Å². The second-order valence-corrected chi connectivity index (χ2v) is 4.39. The van der Waals surface area contributed by atoms with Gasteiger partial charge in [-0.3, -0.25) is 4.79 Å². The number of nitrogens with zero attached hydrogens (tertiary/aromatic N) is 1. The Morgan fingerprint density at radius 1 is 1.21 bits per heavy atom. The molecule has 100 valence electrons. The Balaban J connectivity index is 2.54. The minimum absolute atomic E-state index is 0.204. The molecule has 2 rings (SSSR count). The number of ketones is 1. The van der Waals surface area contributed by atoms with Crippen LogP contribution in [0.25, 0.3) is 10.9 Å². The van der Waals surface area contributed by atoms with Gasteiger partial charge in [0.15, 0.2) is 0 Å². The zero-order valence-electron chi connectivity index (χ0n) is 11.4. The van der Waals surface area contributed by atoms with E-state index in [1.54, 1.807) is 13.0 Å². The molecule has 2 aromatic rings. The maximum absolute atomic E-state index is 12.1. The third kappa shape index (κ3) is 2.38. The van der Waals surface area contributed by atoms with Crippen LogP contribution in [0.5, 0.6) is 0 Å². The topological polar surface area (TPSA) is 48.3 Å². The van der Waals surface area contributed by atoms with Crippen LogP contribution < -0.4 is 0 Å². The molecule has 0 radical (unpaired) electrons. The Bertz CT molecular complexity index is 640. The lowest BCUT2D eigenvalue weighted by molar-refractivity contribution is -0.137. The van der Waals surface area contributed by atoms with Crippen molar-refractivity contribution in [3.8, 4) is 0 Å². The molecule has 0 aliphatic heterocycles. The van der Waals surface area contributed by atoms with Crippen molar-refractivity contribution >= 4 is 22.7 Å². The van der Waals surface area contributed by atoms with Gasteiger partial charge in [0.05, 0.1) is 12.3 Å². The molecule has 0 spiro atoms. The molecule has 0 saturated carbocycles. The molecule has 0 fully saturated rings. The number of aryl methyl sites for hydroxylation is 2. The van der Waals surface area contributed by atoms with Crippen LogP contribution in [0, 0.1) is 6.92 Å². The zero-order chi connectivity index (χ0) is 14.0. The lowest BCUT2D eigenvalue weighted by Crippen LogP contribution is -2.20. The minimum Gasteiger partial charge on any atom is -0.460 e. The Hall–Kier alpha value is -2.10. The Labute approximate surface area is 112 Å². The maximum Gasteiger partial charge on any atom is 0.381 e. The van der Waals surface area contributed by atoms with E-state index < -0.39 is 11.8 Å². The van der Waals surface area contributed by atoms with Gasteiger partial charge in [0.1, 0.15) is 0 Å². The van der Waals surface area contributed by atoms with E-state index in [4.69, 9.17) is 4.74 Å². The summed E-state index contributed by atoms with van der Waals surface area (Å²) in [5.41, 5.74) is 2.47. The summed E-state index contributed by atoms with van der Waals surface area (Å²) in [6.07, 6.45) is 0. The van der Waals surface area contributed by atoms with E-state index >= 15 is 0 Å². The highest BCUT2D eigenvalue weighted by molar-refractivity contribution is 6.40. The Kier molecular flexibility index (Phi) is 3.69. The summed E-state index contributed by atoms with van der Waals surface area (Å²) in [7, 11) is 0. The van der Waals surface area contributed by atoms with Gasteiger partial charge in [-0.15, -0.1) is 0 Å². The lowest BCUT2D eigenvalue weighted by Gasteiger charge is -2.06. The first-order valence-corrected chi connectivity index (χ1v) is 6.39. The van der Waals surface area contributed by atoms with Crippen molar-refractivity contribution in [1.29, 1.82) is 0 Å². The molecule has 0 N–H and O–H groups in total.